The van der Waals surface area contributed by atoms with Gasteiger partial charge in [-0.2, -0.15) is 0 Å². The number of rotatable bonds is 8. The molecule has 0 saturated carbocycles. The third-order valence-corrected chi connectivity index (χ3v) is 9.14. The lowest BCUT2D eigenvalue weighted by atomic mass is 9.82. The zero-order valence-corrected chi connectivity index (χ0v) is 20.0. The quantitative estimate of drug-likeness (QED) is 0.355. The topological polar surface area (TPSA) is 63.7 Å². The number of hydrogen-bond donors (Lipinski definition) is 0. The summed E-state index contributed by atoms with van der Waals surface area (Å²) in [5.74, 6) is -1.28. The number of methoxy groups -OCH3 is 1. The predicted molar refractivity (Wildman–Crippen MR) is 133 cm³/mol. The van der Waals surface area contributed by atoms with Crippen molar-refractivity contribution < 1.29 is 17.9 Å². The van der Waals surface area contributed by atoms with Crippen LogP contribution in [0.4, 0.5) is 0 Å². The molecule has 3 aromatic carbocycles. The van der Waals surface area contributed by atoms with Crippen LogP contribution in [0.25, 0.3) is 0 Å². The lowest BCUT2D eigenvalue weighted by molar-refractivity contribution is -0.145. The van der Waals surface area contributed by atoms with Crippen molar-refractivity contribution in [3.63, 3.8) is 0 Å². The molecule has 0 bridgehead atoms. The van der Waals surface area contributed by atoms with Crippen LogP contribution in [-0.2, 0) is 25.8 Å². The molecule has 0 spiro atoms. The van der Waals surface area contributed by atoms with E-state index in [2.05, 4.69) is 6.58 Å². The number of esters is 1. The highest BCUT2D eigenvalue weighted by molar-refractivity contribution is 7.93. The number of likely N-dealkylation sites (tertiary alicyclic amines) is 1. The van der Waals surface area contributed by atoms with E-state index in [4.69, 9.17) is 4.74 Å². The summed E-state index contributed by atoms with van der Waals surface area (Å²) in [6.45, 7) is 4.73. The van der Waals surface area contributed by atoms with Crippen molar-refractivity contribution in [3.8, 4) is 0 Å². The number of carbonyl (C=O) groups excluding carboxylic acids is 1. The van der Waals surface area contributed by atoms with Crippen molar-refractivity contribution in [3.05, 3.63) is 115 Å². The first-order chi connectivity index (χ1) is 16.5. The van der Waals surface area contributed by atoms with E-state index in [1.165, 1.54) is 7.11 Å². The molecule has 3 aromatic rings. The van der Waals surface area contributed by atoms with Gasteiger partial charge in [0.15, 0.2) is 14.6 Å². The summed E-state index contributed by atoms with van der Waals surface area (Å²) in [4.78, 5) is 16.0. The van der Waals surface area contributed by atoms with Crippen LogP contribution in [-0.4, -0.2) is 44.2 Å². The summed E-state index contributed by atoms with van der Waals surface area (Å²) in [5.41, 5.74) is 1.72. The third-order valence-electron chi connectivity index (χ3n) is 6.64. The molecule has 1 heterocycles. The highest BCUT2D eigenvalue weighted by Gasteiger charge is 2.68. The molecule has 0 N–H and O–H groups in total. The Morgan fingerprint density at radius 3 is 2.12 bits per heavy atom. The molecule has 1 saturated heterocycles. The van der Waals surface area contributed by atoms with E-state index < -0.39 is 32.5 Å². The molecule has 0 aliphatic carbocycles. The van der Waals surface area contributed by atoms with Gasteiger partial charge < -0.3 is 4.74 Å². The fourth-order valence-electron chi connectivity index (χ4n) is 5.28. The number of nitrogens with zero attached hydrogens (tertiary/aromatic N) is 1. The van der Waals surface area contributed by atoms with Gasteiger partial charge >= 0.3 is 5.97 Å². The first-order valence-electron chi connectivity index (χ1n) is 11.3. The molecular formula is C28H29NO4S. The summed E-state index contributed by atoms with van der Waals surface area (Å²) in [6.07, 6.45) is 2.16. The lowest BCUT2D eigenvalue weighted by Crippen LogP contribution is -2.55. The standard InChI is InChI=1S/C28H29NO4S/c1-3-19-29-21-24(20-22-13-7-4-8-14-22)28(27(30)33-2,26(29)23-15-9-5-10-16-23)34(31,32)25-17-11-6-12-18-25/h3-18,24,26H,1,19-21H2,2H3/t24-,26+,28-/m0/s1. The van der Waals surface area contributed by atoms with E-state index in [-0.39, 0.29) is 4.90 Å². The van der Waals surface area contributed by atoms with Crippen molar-refractivity contribution in [2.24, 2.45) is 5.92 Å². The summed E-state index contributed by atoms with van der Waals surface area (Å²) < 4.78 is 32.6. The Morgan fingerprint density at radius 1 is 1.00 bits per heavy atom. The van der Waals surface area contributed by atoms with Crippen LogP contribution in [0.1, 0.15) is 17.2 Å². The molecular weight excluding hydrogens is 446 g/mol. The Bertz CT molecular complexity index is 1230. The normalized spacial score (nSPS) is 22.9. The van der Waals surface area contributed by atoms with Gasteiger partial charge in [0.2, 0.25) is 0 Å². The van der Waals surface area contributed by atoms with Crippen LogP contribution < -0.4 is 0 Å². The SMILES string of the molecule is C=CCN1C[C@H](Cc2ccccc2)[C@](C(=O)OC)(S(=O)(=O)c2ccccc2)[C@H]1c1ccccc1. The van der Waals surface area contributed by atoms with Crippen LogP contribution in [0, 0.1) is 5.92 Å². The van der Waals surface area contributed by atoms with Crippen LogP contribution in [0.15, 0.2) is 109 Å². The molecule has 1 fully saturated rings. The number of ether oxygens (including phenoxy) is 1. The van der Waals surface area contributed by atoms with E-state index in [1.54, 1.807) is 36.4 Å². The second kappa shape index (κ2) is 9.95. The number of benzene rings is 3. The smallest absolute Gasteiger partial charge is 0.329 e. The van der Waals surface area contributed by atoms with Gasteiger partial charge in [-0.25, -0.2) is 8.42 Å². The maximum absolute atomic E-state index is 14.5. The fourth-order valence-corrected chi connectivity index (χ4v) is 7.67. The molecule has 0 radical (unpaired) electrons. The summed E-state index contributed by atoms with van der Waals surface area (Å²) in [5, 5.41) is 0. The predicted octanol–water partition coefficient (Wildman–Crippen LogP) is 4.47. The molecule has 0 unspecified atom stereocenters. The highest BCUT2D eigenvalue weighted by atomic mass is 32.2. The summed E-state index contributed by atoms with van der Waals surface area (Å²) in [7, 11) is -2.91. The van der Waals surface area contributed by atoms with E-state index in [1.807, 2.05) is 65.6 Å². The average molecular weight is 476 g/mol. The van der Waals surface area contributed by atoms with Gasteiger partial charge in [-0.05, 0) is 29.7 Å². The second-order valence-electron chi connectivity index (χ2n) is 8.54. The number of carbonyl (C=O) groups is 1. The highest BCUT2D eigenvalue weighted by Crippen LogP contribution is 2.52. The number of hydrogen-bond acceptors (Lipinski definition) is 5. The van der Waals surface area contributed by atoms with Crippen molar-refractivity contribution in [1.82, 2.24) is 4.90 Å². The molecule has 4 rings (SSSR count). The maximum atomic E-state index is 14.5. The number of sulfone groups is 1. The Kier molecular flexibility index (Phi) is 7.00. The van der Waals surface area contributed by atoms with Gasteiger partial charge in [0.25, 0.3) is 0 Å². The van der Waals surface area contributed by atoms with Crippen LogP contribution in [0.2, 0.25) is 0 Å². The summed E-state index contributed by atoms with van der Waals surface area (Å²) in [6, 6.07) is 26.5. The minimum atomic E-state index is -4.18. The molecule has 0 amide bonds. The molecule has 34 heavy (non-hydrogen) atoms. The summed E-state index contributed by atoms with van der Waals surface area (Å²) >= 11 is 0. The Hall–Kier alpha value is -3.22. The minimum Gasteiger partial charge on any atom is -0.468 e. The lowest BCUT2D eigenvalue weighted by Gasteiger charge is -2.38. The molecule has 6 heteroatoms. The Labute approximate surface area is 201 Å². The second-order valence-corrected chi connectivity index (χ2v) is 10.7. The van der Waals surface area contributed by atoms with E-state index >= 15 is 0 Å². The molecule has 1 aliphatic rings. The fraction of sp³-hybridized carbons (Fsp3) is 0.250. The van der Waals surface area contributed by atoms with Gasteiger partial charge in [0.1, 0.15) is 0 Å². The van der Waals surface area contributed by atoms with Crippen molar-refractivity contribution in [2.75, 3.05) is 20.2 Å². The van der Waals surface area contributed by atoms with Crippen LogP contribution >= 0.6 is 0 Å². The Morgan fingerprint density at radius 2 is 1.56 bits per heavy atom. The van der Waals surface area contributed by atoms with E-state index in [0.29, 0.717) is 19.5 Å². The van der Waals surface area contributed by atoms with Gasteiger partial charge in [-0.15, -0.1) is 6.58 Å². The zero-order valence-electron chi connectivity index (χ0n) is 19.2. The average Bonchev–Trinajstić information content (AvgIpc) is 3.20. The third kappa shape index (κ3) is 3.97. The molecule has 0 aromatic heterocycles. The van der Waals surface area contributed by atoms with Crippen LogP contribution in [0.3, 0.4) is 0 Å². The monoisotopic (exact) mass is 475 g/mol. The molecule has 176 valence electrons. The largest absolute Gasteiger partial charge is 0.468 e. The molecule has 5 nitrogen and oxygen atoms in total. The maximum Gasteiger partial charge on any atom is 0.329 e. The molecule has 1 aliphatic heterocycles. The van der Waals surface area contributed by atoms with Crippen molar-refractivity contribution in [1.29, 1.82) is 0 Å². The van der Waals surface area contributed by atoms with Gasteiger partial charge in [-0.3, -0.25) is 9.69 Å². The van der Waals surface area contributed by atoms with Gasteiger partial charge in [0, 0.05) is 19.0 Å². The van der Waals surface area contributed by atoms with Gasteiger partial charge in [-0.1, -0.05) is 84.9 Å². The Balaban J connectivity index is 2.02. The first-order valence-corrected chi connectivity index (χ1v) is 12.8. The van der Waals surface area contributed by atoms with E-state index in [9.17, 15) is 13.2 Å². The van der Waals surface area contributed by atoms with Crippen molar-refractivity contribution in [2.45, 2.75) is 22.1 Å². The van der Waals surface area contributed by atoms with Crippen molar-refractivity contribution >= 4 is 15.8 Å². The molecule has 3 atom stereocenters. The zero-order chi connectivity index (χ0) is 24.2. The van der Waals surface area contributed by atoms with E-state index in [0.717, 1.165) is 11.1 Å². The van der Waals surface area contributed by atoms with Crippen LogP contribution in [0.5, 0.6) is 0 Å². The van der Waals surface area contributed by atoms with Gasteiger partial charge in [0.05, 0.1) is 18.0 Å². The minimum absolute atomic E-state index is 0.111. The first kappa shape index (κ1) is 23.9.